The summed E-state index contributed by atoms with van der Waals surface area (Å²) in [7, 11) is 0. The van der Waals surface area contributed by atoms with E-state index in [1.54, 1.807) is 13.0 Å². The van der Waals surface area contributed by atoms with Crippen LogP contribution in [0.25, 0.3) is 0 Å². The number of primary amides is 1. The van der Waals surface area contributed by atoms with Crippen molar-refractivity contribution in [3.63, 3.8) is 0 Å². The van der Waals surface area contributed by atoms with Gasteiger partial charge in [-0.1, -0.05) is 6.07 Å². The summed E-state index contributed by atoms with van der Waals surface area (Å²) in [6, 6.07) is 3.88. The van der Waals surface area contributed by atoms with Gasteiger partial charge in [-0.25, -0.2) is 4.39 Å². The van der Waals surface area contributed by atoms with E-state index >= 15 is 0 Å². The molecule has 0 bridgehead atoms. The third-order valence-electron chi connectivity index (χ3n) is 2.07. The Morgan fingerprint density at radius 1 is 1.56 bits per heavy atom. The summed E-state index contributed by atoms with van der Waals surface area (Å²) in [5, 5.41) is 0. The first kappa shape index (κ1) is 12.4. The maximum Gasteiger partial charge on any atom is 0.220 e. The Bertz CT molecular complexity index is 380. The highest BCUT2D eigenvalue weighted by molar-refractivity contribution is 5.73. The SMILES string of the molecule is C[C@H](N)c1ccc(F)cc1OCCC(N)=O. The maximum absolute atomic E-state index is 13.0. The third kappa shape index (κ3) is 3.51. The lowest BCUT2D eigenvalue weighted by Gasteiger charge is -2.13. The number of carbonyl (C=O) groups excluding carboxylic acids is 1. The van der Waals surface area contributed by atoms with E-state index in [0.29, 0.717) is 11.3 Å². The van der Waals surface area contributed by atoms with Gasteiger partial charge in [-0.3, -0.25) is 4.79 Å². The number of ether oxygens (including phenoxy) is 1. The summed E-state index contributed by atoms with van der Waals surface area (Å²) in [6.45, 7) is 1.90. The van der Waals surface area contributed by atoms with Gasteiger partial charge in [-0.15, -0.1) is 0 Å². The van der Waals surface area contributed by atoms with Crippen LogP contribution < -0.4 is 16.2 Å². The molecule has 0 saturated carbocycles. The highest BCUT2D eigenvalue weighted by atomic mass is 19.1. The van der Waals surface area contributed by atoms with Gasteiger partial charge in [-0.05, 0) is 13.0 Å². The van der Waals surface area contributed by atoms with Crippen molar-refractivity contribution < 1.29 is 13.9 Å². The monoisotopic (exact) mass is 226 g/mol. The number of nitrogens with two attached hydrogens (primary N) is 2. The minimum atomic E-state index is -0.459. The standard InChI is InChI=1S/C11H15FN2O2/c1-7(13)9-3-2-8(12)6-10(9)16-5-4-11(14)15/h2-3,6-7H,4-5,13H2,1H3,(H2,14,15)/t7-/m0/s1. The lowest BCUT2D eigenvalue weighted by molar-refractivity contribution is -0.118. The predicted molar refractivity (Wildman–Crippen MR) is 58.3 cm³/mol. The Morgan fingerprint density at radius 3 is 2.81 bits per heavy atom. The number of rotatable bonds is 5. The van der Waals surface area contributed by atoms with Crippen molar-refractivity contribution >= 4 is 5.91 Å². The molecule has 88 valence electrons. The molecule has 1 rings (SSSR count). The van der Waals surface area contributed by atoms with Crippen molar-refractivity contribution in [2.45, 2.75) is 19.4 Å². The molecule has 0 radical (unpaired) electrons. The molecule has 0 unspecified atom stereocenters. The Hall–Kier alpha value is -1.62. The van der Waals surface area contributed by atoms with Crippen molar-refractivity contribution in [3.8, 4) is 5.75 Å². The summed E-state index contributed by atoms with van der Waals surface area (Å²) >= 11 is 0. The van der Waals surface area contributed by atoms with Gasteiger partial charge in [0.1, 0.15) is 11.6 Å². The average molecular weight is 226 g/mol. The van der Waals surface area contributed by atoms with Crippen LogP contribution in [0, 0.1) is 5.82 Å². The van der Waals surface area contributed by atoms with Gasteiger partial charge in [0.15, 0.2) is 0 Å². The highest BCUT2D eigenvalue weighted by Gasteiger charge is 2.09. The molecule has 0 spiro atoms. The first-order valence-corrected chi connectivity index (χ1v) is 4.97. The minimum absolute atomic E-state index is 0.0922. The van der Waals surface area contributed by atoms with Crippen LogP contribution in [0.5, 0.6) is 5.75 Å². The first-order valence-electron chi connectivity index (χ1n) is 4.97. The van der Waals surface area contributed by atoms with Crippen LogP contribution in [-0.2, 0) is 4.79 Å². The van der Waals surface area contributed by atoms with Crippen LogP contribution in [0.15, 0.2) is 18.2 Å². The zero-order chi connectivity index (χ0) is 12.1. The van der Waals surface area contributed by atoms with Gasteiger partial charge in [0.05, 0.1) is 13.0 Å². The third-order valence-corrected chi connectivity index (χ3v) is 2.07. The van der Waals surface area contributed by atoms with E-state index in [0.717, 1.165) is 0 Å². The average Bonchev–Trinajstić information content (AvgIpc) is 2.16. The number of benzene rings is 1. The number of hydrogen-bond acceptors (Lipinski definition) is 3. The summed E-state index contributed by atoms with van der Waals surface area (Å²) in [5.41, 5.74) is 11.4. The van der Waals surface area contributed by atoms with Gasteiger partial charge in [-0.2, -0.15) is 0 Å². The van der Waals surface area contributed by atoms with Gasteiger partial charge in [0, 0.05) is 17.7 Å². The lowest BCUT2D eigenvalue weighted by atomic mass is 10.1. The molecule has 16 heavy (non-hydrogen) atoms. The first-order chi connectivity index (χ1) is 7.50. The van der Waals surface area contributed by atoms with Crippen LogP contribution >= 0.6 is 0 Å². The van der Waals surface area contributed by atoms with Crippen molar-refractivity contribution in [1.82, 2.24) is 0 Å². The van der Waals surface area contributed by atoms with Crippen molar-refractivity contribution in [2.24, 2.45) is 11.5 Å². The fourth-order valence-electron chi connectivity index (χ4n) is 1.27. The maximum atomic E-state index is 13.0. The molecule has 0 aromatic heterocycles. The molecule has 0 aliphatic carbocycles. The molecule has 1 atom stereocenters. The molecule has 4 nitrogen and oxygen atoms in total. The van der Waals surface area contributed by atoms with Crippen LogP contribution in [0.4, 0.5) is 4.39 Å². The summed E-state index contributed by atoms with van der Waals surface area (Å²) in [4.78, 5) is 10.5. The fraction of sp³-hybridized carbons (Fsp3) is 0.364. The normalized spacial score (nSPS) is 12.2. The van der Waals surface area contributed by atoms with E-state index in [-0.39, 0.29) is 19.1 Å². The van der Waals surface area contributed by atoms with Gasteiger partial charge >= 0.3 is 0 Å². The summed E-state index contributed by atoms with van der Waals surface area (Å²) < 4.78 is 18.3. The molecule has 5 heteroatoms. The number of halogens is 1. The number of carbonyl (C=O) groups is 1. The summed E-state index contributed by atoms with van der Waals surface area (Å²) in [5.74, 6) is -0.506. The smallest absolute Gasteiger partial charge is 0.220 e. The molecule has 1 aromatic rings. The van der Waals surface area contributed by atoms with Crippen LogP contribution in [0.1, 0.15) is 24.9 Å². The Kier molecular flexibility index (Phi) is 4.25. The molecular weight excluding hydrogens is 211 g/mol. The van der Waals surface area contributed by atoms with E-state index in [9.17, 15) is 9.18 Å². The van der Waals surface area contributed by atoms with Crippen LogP contribution in [0.2, 0.25) is 0 Å². The quantitative estimate of drug-likeness (QED) is 0.789. The molecule has 0 fully saturated rings. The second-order valence-electron chi connectivity index (χ2n) is 3.54. The van der Waals surface area contributed by atoms with Gasteiger partial charge < -0.3 is 16.2 Å². The number of amides is 1. The molecule has 0 saturated heterocycles. The van der Waals surface area contributed by atoms with E-state index in [1.807, 2.05) is 0 Å². The predicted octanol–water partition coefficient (Wildman–Crippen LogP) is 1.10. The zero-order valence-electron chi connectivity index (χ0n) is 9.07. The second-order valence-corrected chi connectivity index (χ2v) is 3.54. The second kappa shape index (κ2) is 5.46. The van der Waals surface area contributed by atoms with Crippen LogP contribution in [-0.4, -0.2) is 12.5 Å². The largest absolute Gasteiger partial charge is 0.493 e. The molecule has 0 aliphatic heterocycles. The Labute approximate surface area is 93.4 Å². The van der Waals surface area contributed by atoms with E-state index in [1.165, 1.54) is 12.1 Å². The topological polar surface area (TPSA) is 78.3 Å². The molecule has 4 N–H and O–H groups in total. The van der Waals surface area contributed by atoms with Gasteiger partial charge in [0.2, 0.25) is 5.91 Å². The van der Waals surface area contributed by atoms with Crippen molar-refractivity contribution in [2.75, 3.05) is 6.61 Å². The van der Waals surface area contributed by atoms with E-state index < -0.39 is 11.7 Å². The zero-order valence-corrected chi connectivity index (χ0v) is 9.07. The van der Waals surface area contributed by atoms with E-state index in [2.05, 4.69) is 0 Å². The molecule has 1 amide bonds. The molecular formula is C11H15FN2O2. The van der Waals surface area contributed by atoms with E-state index in [4.69, 9.17) is 16.2 Å². The molecule has 1 aromatic carbocycles. The Balaban J connectivity index is 2.76. The molecule has 0 aliphatic rings. The van der Waals surface area contributed by atoms with Crippen molar-refractivity contribution in [3.05, 3.63) is 29.6 Å². The van der Waals surface area contributed by atoms with Crippen molar-refractivity contribution in [1.29, 1.82) is 0 Å². The Morgan fingerprint density at radius 2 is 2.25 bits per heavy atom. The minimum Gasteiger partial charge on any atom is -0.493 e. The lowest BCUT2D eigenvalue weighted by Crippen LogP contribution is -2.15. The number of hydrogen-bond donors (Lipinski definition) is 2. The fourth-order valence-corrected chi connectivity index (χ4v) is 1.27. The molecule has 0 heterocycles. The van der Waals surface area contributed by atoms with Crippen LogP contribution in [0.3, 0.4) is 0 Å². The highest BCUT2D eigenvalue weighted by Crippen LogP contribution is 2.24. The van der Waals surface area contributed by atoms with Gasteiger partial charge in [0.25, 0.3) is 0 Å². The summed E-state index contributed by atoms with van der Waals surface area (Å²) in [6.07, 6.45) is 0.0922.